The molecule has 39 heavy (non-hydrogen) atoms. The second kappa shape index (κ2) is 13.9. The molecule has 0 N–H and O–H groups in total. The second-order valence-corrected chi connectivity index (χ2v) is 13.6. The van der Waals surface area contributed by atoms with Gasteiger partial charge in [-0.15, -0.1) is 0 Å². The van der Waals surface area contributed by atoms with Gasteiger partial charge in [0.1, 0.15) is 0 Å². The van der Waals surface area contributed by atoms with Crippen molar-refractivity contribution >= 4 is 16.0 Å². The van der Waals surface area contributed by atoms with E-state index in [1.807, 2.05) is 13.8 Å². The van der Waals surface area contributed by atoms with Crippen LogP contribution in [-0.4, -0.2) is 25.8 Å². The first-order valence-corrected chi connectivity index (χ1v) is 15.9. The Balaban J connectivity index is 0.00000267. The summed E-state index contributed by atoms with van der Waals surface area (Å²) in [5, 5.41) is 11.6. The number of ether oxygens (including phenoxy) is 1. The fourth-order valence-corrected chi connectivity index (χ4v) is 9.95. The van der Waals surface area contributed by atoms with Crippen molar-refractivity contribution < 1.29 is 51.1 Å². The topological polar surface area (TPSA) is 55.6 Å². The van der Waals surface area contributed by atoms with Crippen LogP contribution in [0, 0.1) is 15.5 Å². The van der Waals surface area contributed by atoms with Crippen molar-refractivity contribution in [1.82, 2.24) is 0 Å². The van der Waals surface area contributed by atoms with Gasteiger partial charge >= 0.3 is 231 Å². The summed E-state index contributed by atoms with van der Waals surface area (Å²) >= 11 is -0.231. The summed E-state index contributed by atoms with van der Waals surface area (Å²) < 4.78 is 8.85. The number of non-ortho nitro benzene ring substituents is 1. The first-order valence-electron chi connectivity index (χ1n) is 13.9. The Hall–Kier alpha value is -1.49. The molecule has 2 aliphatic rings. The Kier molecular flexibility index (Phi) is 12.0. The summed E-state index contributed by atoms with van der Waals surface area (Å²) in [4.78, 5) is 14.1. The molecule has 1 atom stereocenters. The minimum absolute atomic E-state index is 0. The number of nitro benzene ring substituents is 1. The van der Waals surface area contributed by atoms with Crippen molar-refractivity contribution in [3.8, 4) is 5.75 Å². The first-order chi connectivity index (χ1) is 17.6. The third-order valence-electron chi connectivity index (χ3n) is 8.05. The van der Waals surface area contributed by atoms with Crippen LogP contribution >= 0.6 is 0 Å². The van der Waals surface area contributed by atoms with Crippen LogP contribution in [0.5, 0.6) is 5.75 Å². The molecular formula is C31H43Cl2N2O3Ru. The van der Waals surface area contributed by atoms with Gasteiger partial charge in [0.25, 0.3) is 0 Å². The number of hydrogen-bond acceptors (Lipinski definition) is 4. The van der Waals surface area contributed by atoms with Crippen molar-refractivity contribution in [3.05, 3.63) is 63.2 Å². The zero-order valence-corrected chi connectivity index (χ0v) is 27.3. The third-order valence-corrected chi connectivity index (χ3v) is 10.9. The maximum absolute atomic E-state index is 11.6. The van der Waals surface area contributed by atoms with Crippen LogP contribution in [0.4, 0.5) is 11.4 Å². The van der Waals surface area contributed by atoms with Crippen LogP contribution in [0.25, 0.3) is 0 Å². The van der Waals surface area contributed by atoms with Crippen LogP contribution in [-0.2, 0) is 29.5 Å². The molecule has 2 fully saturated rings. The number of para-hydroxylation sites is 1. The van der Waals surface area contributed by atoms with Crippen molar-refractivity contribution in [2.75, 3.05) is 4.90 Å². The van der Waals surface area contributed by atoms with Gasteiger partial charge in [-0.25, -0.2) is 0 Å². The molecule has 1 aliphatic heterocycles. The fourth-order valence-electron chi connectivity index (χ4n) is 6.59. The molecule has 1 spiro atoms. The van der Waals surface area contributed by atoms with E-state index in [0.717, 1.165) is 24.2 Å². The normalized spacial score (nSPS) is 19.7. The SMILES string of the molecule is CCc1cccc(CC)c1N1[CH](/[Ru+2]=[CH]\c2cc([N+](=O)[O-])ccc2OC(C)C)C2(CCCCC2)CC1(C)C.[Cl-].[Cl-]. The number of nitrogens with zero attached hydrogens (tertiary/aromatic N) is 2. The summed E-state index contributed by atoms with van der Waals surface area (Å²) in [5.41, 5.74) is 5.67. The predicted molar refractivity (Wildman–Crippen MR) is 150 cm³/mol. The first kappa shape index (κ1) is 33.7. The van der Waals surface area contributed by atoms with Crippen LogP contribution in [0.2, 0.25) is 0 Å². The Morgan fingerprint density at radius 1 is 1.08 bits per heavy atom. The van der Waals surface area contributed by atoms with Crippen molar-refractivity contribution in [3.63, 3.8) is 0 Å². The number of benzene rings is 2. The Labute approximate surface area is 254 Å². The van der Waals surface area contributed by atoms with Gasteiger partial charge in [0.15, 0.2) is 0 Å². The molecule has 2 aromatic carbocycles. The molecule has 0 bridgehead atoms. The molecule has 1 unspecified atom stereocenters. The van der Waals surface area contributed by atoms with E-state index < -0.39 is 0 Å². The summed E-state index contributed by atoms with van der Waals surface area (Å²) in [6, 6.07) is 11.9. The van der Waals surface area contributed by atoms with Crippen LogP contribution in [0.15, 0.2) is 36.4 Å². The quantitative estimate of drug-likeness (QED) is 0.246. The Bertz CT molecular complexity index is 1140. The molecule has 1 saturated carbocycles. The van der Waals surface area contributed by atoms with Gasteiger partial charge < -0.3 is 24.8 Å². The van der Waals surface area contributed by atoms with Crippen LogP contribution in [0.3, 0.4) is 0 Å². The summed E-state index contributed by atoms with van der Waals surface area (Å²) in [6.07, 6.45) is 9.75. The van der Waals surface area contributed by atoms with E-state index in [1.54, 1.807) is 18.2 Å². The molecule has 217 valence electrons. The van der Waals surface area contributed by atoms with Gasteiger partial charge in [-0.3, -0.25) is 0 Å². The van der Waals surface area contributed by atoms with Gasteiger partial charge in [0, 0.05) is 0 Å². The Morgan fingerprint density at radius 2 is 1.69 bits per heavy atom. The van der Waals surface area contributed by atoms with Gasteiger partial charge in [0.05, 0.1) is 0 Å². The smallest absolute Gasteiger partial charge is 1.00 e. The Morgan fingerprint density at radius 3 is 2.23 bits per heavy atom. The van der Waals surface area contributed by atoms with E-state index in [1.165, 1.54) is 55.3 Å². The summed E-state index contributed by atoms with van der Waals surface area (Å²) in [6.45, 7) is 13.4. The molecule has 4 rings (SSSR count). The van der Waals surface area contributed by atoms with Crippen molar-refractivity contribution in [2.45, 2.75) is 109 Å². The standard InChI is InChI=1S/C21H32N.C10H11NO3.2ClH.Ru/c1-5-17-11-10-12-18(6-2)19(17)22-16-21(15-20(22,3)4)13-8-7-9-14-21;1-7(2)14-10-5-4-9(11(12)13)6-8(10)3;;;/h10-12,16H,5-9,13-15H2,1-4H3;3-7H,1-2H3;2*1H;/q;;;;+2/p-2. The van der Waals surface area contributed by atoms with Crippen LogP contribution < -0.4 is 34.5 Å². The number of aryl methyl sites for hydroxylation is 2. The largest absolute Gasteiger partial charge is 1.00 e. The molecule has 2 aromatic rings. The number of hydrogen-bond donors (Lipinski definition) is 0. The molecule has 1 saturated heterocycles. The van der Waals surface area contributed by atoms with Crippen molar-refractivity contribution in [2.24, 2.45) is 5.41 Å². The summed E-state index contributed by atoms with van der Waals surface area (Å²) in [7, 11) is 0. The maximum atomic E-state index is 11.6. The predicted octanol–water partition coefficient (Wildman–Crippen LogP) is 1.71. The van der Waals surface area contributed by atoms with Gasteiger partial charge in [0.2, 0.25) is 0 Å². The molecule has 0 radical (unpaired) electrons. The average Bonchev–Trinajstić information content (AvgIpc) is 3.07. The van der Waals surface area contributed by atoms with E-state index in [2.05, 4.69) is 55.4 Å². The van der Waals surface area contributed by atoms with E-state index in [-0.39, 0.29) is 63.7 Å². The number of halogens is 2. The van der Waals surface area contributed by atoms with Gasteiger partial charge in [-0.2, -0.15) is 0 Å². The molecular weight excluding hydrogens is 620 g/mol. The third kappa shape index (κ3) is 7.06. The van der Waals surface area contributed by atoms with E-state index in [0.29, 0.717) is 10.1 Å². The molecule has 8 heteroatoms. The summed E-state index contributed by atoms with van der Waals surface area (Å²) in [5.74, 6) is 0.750. The minimum atomic E-state index is -0.300. The molecule has 1 heterocycles. The number of anilines is 1. The van der Waals surface area contributed by atoms with E-state index in [9.17, 15) is 10.1 Å². The second-order valence-electron chi connectivity index (χ2n) is 11.6. The molecule has 5 nitrogen and oxygen atoms in total. The van der Waals surface area contributed by atoms with Crippen LogP contribution in [0.1, 0.15) is 96.8 Å². The molecule has 0 amide bonds. The van der Waals surface area contributed by atoms with Gasteiger partial charge in [-0.05, 0) is 0 Å². The average molecular weight is 664 g/mol. The van der Waals surface area contributed by atoms with E-state index in [4.69, 9.17) is 4.74 Å². The van der Waals surface area contributed by atoms with E-state index >= 15 is 0 Å². The monoisotopic (exact) mass is 663 g/mol. The maximum Gasteiger partial charge on any atom is -1.00 e. The number of nitro groups is 1. The number of rotatable bonds is 8. The zero-order chi connectivity index (χ0) is 26.8. The molecule has 1 aliphatic carbocycles. The fraction of sp³-hybridized carbons (Fsp3) is 0.581. The minimum Gasteiger partial charge on any atom is -1.00 e. The molecule has 0 aromatic heterocycles. The zero-order valence-electron chi connectivity index (χ0n) is 24.1. The van der Waals surface area contributed by atoms with Crippen molar-refractivity contribution in [1.29, 1.82) is 0 Å². The van der Waals surface area contributed by atoms with Gasteiger partial charge in [-0.1, -0.05) is 0 Å².